The summed E-state index contributed by atoms with van der Waals surface area (Å²) in [5.74, 6) is 0.687. The Labute approximate surface area is 215 Å². The van der Waals surface area contributed by atoms with E-state index < -0.39 is 6.04 Å². The molecule has 190 valence electrons. The first kappa shape index (κ1) is 27.0. The zero-order valence-electron chi connectivity index (χ0n) is 21.9. The van der Waals surface area contributed by atoms with Gasteiger partial charge in [-0.25, -0.2) is 0 Å². The molecule has 0 radical (unpaired) electrons. The Morgan fingerprint density at radius 1 is 0.917 bits per heavy atom. The Morgan fingerprint density at radius 3 is 2.22 bits per heavy atom. The Kier molecular flexibility index (Phi) is 10.1. The van der Waals surface area contributed by atoms with Gasteiger partial charge in [-0.2, -0.15) is 0 Å². The predicted molar refractivity (Wildman–Crippen MR) is 145 cm³/mol. The molecular weight excluding hydrogens is 448 g/mol. The fourth-order valence-electron chi connectivity index (χ4n) is 4.07. The molecule has 1 atom stereocenters. The van der Waals surface area contributed by atoms with Crippen LogP contribution in [0.15, 0.2) is 78.9 Å². The molecule has 5 heteroatoms. The van der Waals surface area contributed by atoms with Gasteiger partial charge in [0.1, 0.15) is 11.8 Å². The number of aryl methyl sites for hydroxylation is 1. The Balaban J connectivity index is 1.87. The normalized spacial score (nSPS) is 11.7. The van der Waals surface area contributed by atoms with E-state index >= 15 is 0 Å². The van der Waals surface area contributed by atoms with Crippen molar-refractivity contribution in [2.24, 2.45) is 0 Å². The molecule has 3 aromatic carbocycles. The van der Waals surface area contributed by atoms with Crippen LogP contribution in [-0.2, 0) is 22.6 Å². The van der Waals surface area contributed by atoms with Crippen LogP contribution in [0.5, 0.6) is 5.75 Å². The lowest BCUT2D eigenvalue weighted by Gasteiger charge is -2.32. The van der Waals surface area contributed by atoms with E-state index in [1.54, 1.807) is 4.90 Å². The summed E-state index contributed by atoms with van der Waals surface area (Å²) < 4.78 is 5.89. The number of amides is 2. The Morgan fingerprint density at radius 2 is 1.58 bits per heavy atom. The topological polar surface area (TPSA) is 58.6 Å². The van der Waals surface area contributed by atoms with Crippen LogP contribution in [-0.4, -0.2) is 35.9 Å². The highest BCUT2D eigenvalue weighted by Gasteiger charge is 2.30. The Hall–Kier alpha value is -3.60. The van der Waals surface area contributed by atoms with Crippen LogP contribution in [0, 0.1) is 6.92 Å². The van der Waals surface area contributed by atoms with Crippen molar-refractivity contribution in [1.82, 2.24) is 10.2 Å². The molecule has 3 aromatic rings. The molecule has 0 aliphatic heterocycles. The van der Waals surface area contributed by atoms with Gasteiger partial charge >= 0.3 is 0 Å². The minimum Gasteiger partial charge on any atom is -0.484 e. The van der Waals surface area contributed by atoms with Gasteiger partial charge in [0.05, 0.1) is 0 Å². The highest BCUT2D eigenvalue weighted by molar-refractivity contribution is 5.88. The number of benzene rings is 3. The van der Waals surface area contributed by atoms with E-state index in [1.807, 2.05) is 92.7 Å². The van der Waals surface area contributed by atoms with Crippen molar-refractivity contribution in [2.45, 2.75) is 59.0 Å². The molecule has 1 N–H and O–H groups in total. The summed E-state index contributed by atoms with van der Waals surface area (Å²) in [6.07, 6.45) is 1.25. The monoisotopic (exact) mass is 486 g/mol. The Bertz CT molecular complexity index is 1110. The molecule has 2 amide bonds. The average molecular weight is 487 g/mol. The van der Waals surface area contributed by atoms with Gasteiger partial charge in [-0.3, -0.25) is 9.59 Å². The third-order valence-electron chi connectivity index (χ3n) is 6.33. The number of carbonyl (C=O) groups excluding carboxylic acids is 2. The number of hydrogen-bond donors (Lipinski definition) is 1. The number of nitrogens with zero attached hydrogens (tertiary/aromatic N) is 1. The summed E-state index contributed by atoms with van der Waals surface area (Å²) in [6, 6.07) is 25.0. The van der Waals surface area contributed by atoms with E-state index in [-0.39, 0.29) is 18.4 Å². The van der Waals surface area contributed by atoms with E-state index in [2.05, 4.69) is 19.2 Å². The smallest absolute Gasteiger partial charge is 0.261 e. The van der Waals surface area contributed by atoms with Gasteiger partial charge in [0, 0.05) is 19.5 Å². The van der Waals surface area contributed by atoms with Crippen molar-refractivity contribution < 1.29 is 14.3 Å². The maximum absolute atomic E-state index is 13.6. The van der Waals surface area contributed by atoms with Crippen molar-refractivity contribution >= 4 is 11.8 Å². The molecule has 0 saturated heterocycles. The van der Waals surface area contributed by atoms with E-state index in [4.69, 9.17) is 4.74 Å². The van der Waals surface area contributed by atoms with Gasteiger partial charge in [0.2, 0.25) is 5.91 Å². The second-order valence-electron chi connectivity index (χ2n) is 9.46. The minimum absolute atomic E-state index is 0.140. The molecule has 5 nitrogen and oxygen atoms in total. The summed E-state index contributed by atoms with van der Waals surface area (Å²) in [5, 5.41) is 3.01. The molecule has 0 unspecified atom stereocenters. The van der Waals surface area contributed by atoms with Crippen LogP contribution < -0.4 is 10.1 Å². The molecule has 0 aliphatic carbocycles. The molecule has 0 heterocycles. The maximum atomic E-state index is 13.6. The first-order chi connectivity index (χ1) is 17.4. The molecule has 3 rings (SSSR count). The SMILES string of the molecule is CCCNC(=O)[C@H](Cc1ccccc1)N(Cc1ccccc1C)C(=O)COc1ccc(C(C)C)cc1. The van der Waals surface area contributed by atoms with Crippen LogP contribution in [0.3, 0.4) is 0 Å². The summed E-state index contributed by atoms with van der Waals surface area (Å²) >= 11 is 0. The number of ether oxygens (including phenoxy) is 1. The number of nitrogens with one attached hydrogen (secondary N) is 1. The maximum Gasteiger partial charge on any atom is 0.261 e. The zero-order chi connectivity index (χ0) is 25.9. The van der Waals surface area contributed by atoms with E-state index in [0.717, 1.165) is 23.1 Å². The molecule has 0 aliphatic rings. The first-order valence-electron chi connectivity index (χ1n) is 12.8. The van der Waals surface area contributed by atoms with Crippen molar-refractivity contribution in [3.8, 4) is 5.75 Å². The van der Waals surface area contributed by atoms with Gasteiger partial charge < -0.3 is 15.0 Å². The van der Waals surface area contributed by atoms with Crippen molar-refractivity contribution in [3.05, 3.63) is 101 Å². The quantitative estimate of drug-likeness (QED) is 0.359. The third kappa shape index (κ3) is 7.70. The highest BCUT2D eigenvalue weighted by Crippen LogP contribution is 2.20. The molecule has 0 spiro atoms. The number of rotatable bonds is 12. The predicted octanol–water partition coefficient (Wildman–Crippen LogP) is 5.66. The van der Waals surface area contributed by atoms with Gasteiger partial charge in [-0.1, -0.05) is 87.5 Å². The molecule has 0 fully saturated rings. The number of hydrogen-bond acceptors (Lipinski definition) is 3. The van der Waals surface area contributed by atoms with Crippen LogP contribution in [0.4, 0.5) is 0 Å². The van der Waals surface area contributed by atoms with Crippen LogP contribution in [0.1, 0.15) is 55.4 Å². The molecule has 0 bridgehead atoms. The lowest BCUT2D eigenvalue weighted by atomic mass is 10.0. The summed E-state index contributed by atoms with van der Waals surface area (Å²) in [5.41, 5.74) is 4.30. The van der Waals surface area contributed by atoms with Crippen LogP contribution in [0.2, 0.25) is 0 Å². The van der Waals surface area contributed by atoms with Gasteiger partial charge in [-0.15, -0.1) is 0 Å². The summed E-state index contributed by atoms with van der Waals surface area (Å²) in [4.78, 5) is 28.7. The molecule has 36 heavy (non-hydrogen) atoms. The van der Waals surface area contributed by atoms with Crippen molar-refractivity contribution in [2.75, 3.05) is 13.2 Å². The van der Waals surface area contributed by atoms with Gasteiger partial charge in [-0.05, 0) is 53.6 Å². The highest BCUT2D eigenvalue weighted by atomic mass is 16.5. The van der Waals surface area contributed by atoms with Gasteiger partial charge in [0.15, 0.2) is 6.61 Å². The standard InChI is InChI=1S/C31H38N2O3/c1-5-19-32-31(35)29(20-25-12-7-6-8-13-25)33(21-27-14-10-9-11-24(27)4)30(34)22-36-28-17-15-26(16-18-28)23(2)3/h6-18,23,29H,5,19-22H2,1-4H3,(H,32,35)/t29-/m0/s1. The lowest BCUT2D eigenvalue weighted by Crippen LogP contribution is -2.51. The fourth-order valence-corrected chi connectivity index (χ4v) is 4.07. The molecular formula is C31H38N2O3. The molecule has 0 aromatic heterocycles. The average Bonchev–Trinajstić information content (AvgIpc) is 2.89. The fraction of sp³-hybridized carbons (Fsp3) is 0.355. The number of carbonyl (C=O) groups is 2. The van der Waals surface area contributed by atoms with E-state index in [9.17, 15) is 9.59 Å². The minimum atomic E-state index is -0.655. The largest absolute Gasteiger partial charge is 0.484 e. The van der Waals surface area contributed by atoms with Crippen molar-refractivity contribution in [1.29, 1.82) is 0 Å². The van der Waals surface area contributed by atoms with Gasteiger partial charge in [0.25, 0.3) is 5.91 Å². The van der Waals surface area contributed by atoms with Crippen LogP contribution in [0.25, 0.3) is 0 Å². The third-order valence-corrected chi connectivity index (χ3v) is 6.33. The van der Waals surface area contributed by atoms with Crippen LogP contribution >= 0.6 is 0 Å². The first-order valence-corrected chi connectivity index (χ1v) is 12.8. The second kappa shape index (κ2) is 13.5. The zero-order valence-corrected chi connectivity index (χ0v) is 21.9. The second-order valence-corrected chi connectivity index (χ2v) is 9.46. The van der Waals surface area contributed by atoms with E-state index in [0.29, 0.717) is 31.2 Å². The molecule has 0 saturated carbocycles. The summed E-state index contributed by atoms with van der Waals surface area (Å²) in [6.45, 7) is 9.07. The van der Waals surface area contributed by atoms with E-state index in [1.165, 1.54) is 5.56 Å². The van der Waals surface area contributed by atoms with Crippen molar-refractivity contribution in [3.63, 3.8) is 0 Å². The summed E-state index contributed by atoms with van der Waals surface area (Å²) in [7, 11) is 0. The lowest BCUT2D eigenvalue weighted by molar-refractivity contribution is -0.142.